The van der Waals surface area contributed by atoms with Crippen molar-refractivity contribution in [1.82, 2.24) is 4.31 Å². The van der Waals surface area contributed by atoms with Gasteiger partial charge in [-0.3, -0.25) is 0 Å². The van der Waals surface area contributed by atoms with Crippen LogP contribution in [-0.2, 0) is 10.0 Å². The standard InChI is InChI=1S/C15H24N2O3S/c1-2-3-10-17(13-8-9-13)21(18,19)12-11-20-15-7-5-4-6-14(15)16/h4-7,13H,2-3,8-12,16H2,1H3. The molecule has 1 aromatic carbocycles. The number of sulfonamides is 1. The van der Waals surface area contributed by atoms with Gasteiger partial charge in [-0.05, 0) is 31.4 Å². The second kappa shape index (κ2) is 7.13. The summed E-state index contributed by atoms with van der Waals surface area (Å²) in [6.45, 7) is 2.82. The van der Waals surface area contributed by atoms with E-state index in [0.717, 1.165) is 25.7 Å². The van der Waals surface area contributed by atoms with E-state index in [1.807, 2.05) is 12.1 Å². The van der Waals surface area contributed by atoms with Gasteiger partial charge in [-0.2, -0.15) is 4.31 Å². The lowest BCUT2D eigenvalue weighted by atomic mass is 10.3. The number of para-hydroxylation sites is 2. The van der Waals surface area contributed by atoms with E-state index in [0.29, 0.717) is 18.0 Å². The molecule has 1 aliphatic rings. The fraction of sp³-hybridized carbons (Fsp3) is 0.600. The minimum atomic E-state index is -3.25. The van der Waals surface area contributed by atoms with Crippen molar-refractivity contribution in [2.75, 3.05) is 24.6 Å². The molecule has 6 heteroatoms. The first-order valence-corrected chi connectivity index (χ1v) is 9.12. The highest BCUT2D eigenvalue weighted by Crippen LogP contribution is 2.30. The van der Waals surface area contributed by atoms with Crippen molar-refractivity contribution >= 4 is 15.7 Å². The number of ether oxygens (including phenoxy) is 1. The molecule has 1 aromatic rings. The van der Waals surface area contributed by atoms with E-state index in [9.17, 15) is 8.42 Å². The summed E-state index contributed by atoms with van der Waals surface area (Å²) in [4.78, 5) is 0. The first-order valence-electron chi connectivity index (χ1n) is 7.51. The minimum Gasteiger partial charge on any atom is -0.490 e. The van der Waals surface area contributed by atoms with Crippen LogP contribution < -0.4 is 10.5 Å². The van der Waals surface area contributed by atoms with E-state index in [2.05, 4.69) is 6.92 Å². The molecular weight excluding hydrogens is 288 g/mol. The van der Waals surface area contributed by atoms with Crippen LogP contribution in [0.5, 0.6) is 5.75 Å². The molecule has 21 heavy (non-hydrogen) atoms. The molecule has 0 unspecified atom stereocenters. The molecule has 0 amide bonds. The second-order valence-corrected chi connectivity index (χ2v) is 7.44. The van der Waals surface area contributed by atoms with Gasteiger partial charge in [0.1, 0.15) is 12.4 Å². The number of hydrogen-bond acceptors (Lipinski definition) is 4. The Labute approximate surface area is 127 Å². The largest absolute Gasteiger partial charge is 0.490 e. The van der Waals surface area contributed by atoms with Gasteiger partial charge in [-0.15, -0.1) is 0 Å². The van der Waals surface area contributed by atoms with Crippen LogP contribution in [0.1, 0.15) is 32.6 Å². The summed E-state index contributed by atoms with van der Waals surface area (Å²) < 4.78 is 32.0. The van der Waals surface area contributed by atoms with Crippen LogP contribution in [0, 0.1) is 0 Å². The number of hydrogen-bond donors (Lipinski definition) is 1. The zero-order valence-electron chi connectivity index (χ0n) is 12.5. The van der Waals surface area contributed by atoms with E-state index in [-0.39, 0.29) is 18.4 Å². The van der Waals surface area contributed by atoms with Crippen LogP contribution in [0.3, 0.4) is 0 Å². The molecule has 0 saturated heterocycles. The molecular formula is C15H24N2O3S. The number of nitrogens with zero attached hydrogens (tertiary/aromatic N) is 1. The Hall–Kier alpha value is -1.27. The fourth-order valence-corrected chi connectivity index (χ4v) is 3.81. The number of anilines is 1. The van der Waals surface area contributed by atoms with Crippen LogP contribution in [-0.4, -0.2) is 37.7 Å². The fourth-order valence-electron chi connectivity index (χ4n) is 2.21. The molecule has 0 bridgehead atoms. The van der Waals surface area contributed by atoms with E-state index in [1.165, 1.54) is 0 Å². The van der Waals surface area contributed by atoms with Crippen LogP contribution in [0.25, 0.3) is 0 Å². The van der Waals surface area contributed by atoms with Gasteiger partial charge >= 0.3 is 0 Å². The summed E-state index contributed by atoms with van der Waals surface area (Å²) in [5.74, 6) is 0.542. The van der Waals surface area contributed by atoms with Gasteiger partial charge in [0.15, 0.2) is 0 Å². The number of unbranched alkanes of at least 4 members (excludes halogenated alkanes) is 1. The number of nitrogens with two attached hydrogens (primary N) is 1. The quantitative estimate of drug-likeness (QED) is 0.710. The molecule has 118 valence electrons. The smallest absolute Gasteiger partial charge is 0.217 e. The Bertz CT molecular complexity index is 556. The number of nitrogen functional groups attached to an aromatic ring is 1. The summed E-state index contributed by atoms with van der Waals surface area (Å²) in [6.07, 6.45) is 3.86. The van der Waals surface area contributed by atoms with Gasteiger partial charge in [-0.25, -0.2) is 8.42 Å². The molecule has 2 rings (SSSR count). The average molecular weight is 312 g/mol. The summed E-state index contributed by atoms with van der Waals surface area (Å²) in [6, 6.07) is 7.33. The van der Waals surface area contributed by atoms with Gasteiger partial charge in [0.05, 0.1) is 11.4 Å². The van der Waals surface area contributed by atoms with Gasteiger partial charge in [0, 0.05) is 12.6 Å². The molecule has 1 saturated carbocycles. The number of rotatable bonds is 9. The third-order valence-electron chi connectivity index (χ3n) is 3.56. The predicted molar refractivity (Wildman–Crippen MR) is 84.8 cm³/mol. The zero-order valence-corrected chi connectivity index (χ0v) is 13.3. The Kier molecular flexibility index (Phi) is 5.47. The maximum absolute atomic E-state index is 12.4. The van der Waals surface area contributed by atoms with E-state index in [4.69, 9.17) is 10.5 Å². The third-order valence-corrected chi connectivity index (χ3v) is 5.44. The van der Waals surface area contributed by atoms with Crippen LogP contribution in [0.15, 0.2) is 24.3 Å². The van der Waals surface area contributed by atoms with E-state index in [1.54, 1.807) is 16.4 Å². The monoisotopic (exact) mass is 312 g/mol. The lowest BCUT2D eigenvalue weighted by Crippen LogP contribution is -2.37. The van der Waals surface area contributed by atoms with Crippen molar-refractivity contribution in [3.05, 3.63) is 24.3 Å². The van der Waals surface area contributed by atoms with Gasteiger partial charge < -0.3 is 10.5 Å². The molecule has 0 aromatic heterocycles. The Balaban J connectivity index is 1.89. The molecule has 0 atom stereocenters. The van der Waals surface area contributed by atoms with Gasteiger partial charge in [-0.1, -0.05) is 25.5 Å². The Morgan fingerprint density at radius 1 is 1.33 bits per heavy atom. The molecule has 1 aliphatic carbocycles. The molecule has 0 radical (unpaired) electrons. The lowest BCUT2D eigenvalue weighted by Gasteiger charge is -2.21. The van der Waals surface area contributed by atoms with Gasteiger partial charge in [0.2, 0.25) is 10.0 Å². The minimum absolute atomic E-state index is 0.00154. The summed E-state index contributed by atoms with van der Waals surface area (Å²) in [7, 11) is -3.25. The Morgan fingerprint density at radius 3 is 2.67 bits per heavy atom. The van der Waals surface area contributed by atoms with Crippen molar-refractivity contribution in [2.45, 2.75) is 38.6 Å². The SMILES string of the molecule is CCCCN(C1CC1)S(=O)(=O)CCOc1ccccc1N. The maximum Gasteiger partial charge on any atom is 0.217 e. The molecule has 1 fully saturated rings. The Morgan fingerprint density at radius 2 is 2.05 bits per heavy atom. The van der Waals surface area contributed by atoms with E-state index >= 15 is 0 Å². The van der Waals surface area contributed by atoms with Gasteiger partial charge in [0.25, 0.3) is 0 Å². The summed E-state index contributed by atoms with van der Waals surface area (Å²) in [5, 5.41) is 0. The summed E-state index contributed by atoms with van der Waals surface area (Å²) >= 11 is 0. The highest BCUT2D eigenvalue weighted by atomic mass is 32.2. The van der Waals surface area contributed by atoms with Crippen LogP contribution in [0.2, 0.25) is 0 Å². The first kappa shape index (κ1) is 16.1. The highest BCUT2D eigenvalue weighted by Gasteiger charge is 2.36. The van der Waals surface area contributed by atoms with Crippen LogP contribution >= 0.6 is 0 Å². The van der Waals surface area contributed by atoms with Crippen LogP contribution in [0.4, 0.5) is 5.69 Å². The van der Waals surface area contributed by atoms with Crippen molar-refractivity contribution in [1.29, 1.82) is 0 Å². The lowest BCUT2D eigenvalue weighted by molar-refractivity contribution is 0.333. The van der Waals surface area contributed by atoms with Crippen molar-refractivity contribution in [2.24, 2.45) is 0 Å². The highest BCUT2D eigenvalue weighted by molar-refractivity contribution is 7.89. The topological polar surface area (TPSA) is 72.6 Å². The first-order chi connectivity index (χ1) is 10.0. The summed E-state index contributed by atoms with van der Waals surface area (Å²) in [5.41, 5.74) is 6.30. The second-order valence-electron chi connectivity index (χ2n) is 5.40. The van der Waals surface area contributed by atoms with Crippen molar-refractivity contribution in [3.8, 4) is 5.75 Å². The van der Waals surface area contributed by atoms with Crippen molar-refractivity contribution < 1.29 is 13.2 Å². The zero-order chi connectivity index (χ0) is 15.3. The molecule has 0 heterocycles. The molecule has 5 nitrogen and oxygen atoms in total. The third kappa shape index (κ3) is 4.61. The van der Waals surface area contributed by atoms with E-state index < -0.39 is 10.0 Å². The predicted octanol–water partition coefficient (Wildman–Crippen LogP) is 2.24. The molecule has 0 aliphatic heterocycles. The number of benzene rings is 1. The molecule has 0 spiro atoms. The average Bonchev–Trinajstić information content (AvgIpc) is 3.26. The maximum atomic E-state index is 12.4. The van der Waals surface area contributed by atoms with Crippen molar-refractivity contribution in [3.63, 3.8) is 0 Å². The molecule has 2 N–H and O–H groups in total. The normalized spacial score (nSPS) is 15.3.